The van der Waals surface area contributed by atoms with Gasteiger partial charge in [-0.3, -0.25) is 24.5 Å². The first-order chi connectivity index (χ1) is 16.1. The number of piperidine rings is 2. The van der Waals surface area contributed by atoms with Crippen LogP contribution in [0.5, 0.6) is 0 Å². The van der Waals surface area contributed by atoms with Crippen molar-refractivity contribution in [3.63, 3.8) is 0 Å². The molecule has 0 spiro atoms. The number of fused-ring (bicyclic) bond motifs is 2. The fourth-order valence-corrected chi connectivity index (χ4v) is 6.31. The van der Waals surface area contributed by atoms with Crippen LogP contribution in [0.3, 0.4) is 0 Å². The number of likely N-dealkylation sites (tertiary alicyclic amines) is 2. The van der Waals surface area contributed by atoms with E-state index in [1.165, 1.54) is 26.6 Å². The quantitative estimate of drug-likeness (QED) is 0.621. The maximum absolute atomic E-state index is 13.5. The van der Waals surface area contributed by atoms with Crippen molar-refractivity contribution in [2.75, 3.05) is 41.4 Å². The number of hydrogen-bond acceptors (Lipinski definition) is 9. The van der Waals surface area contributed by atoms with E-state index in [2.05, 4.69) is 9.97 Å². The number of esters is 2. The number of aromatic nitrogens is 2. The molecule has 34 heavy (non-hydrogen) atoms. The summed E-state index contributed by atoms with van der Waals surface area (Å²) in [7, 11) is 6.04. The Morgan fingerprint density at radius 1 is 0.941 bits per heavy atom. The fourth-order valence-electron chi connectivity index (χ4n) is 5.97. The fraction of sp³-hybridized carbons (Fsp3) is 0.478. The molecule has 2 aliphatic heterocycles. The van der Waals surface area contributed by atoms with Crippen LogP contribution in [0, 0.1) is 10.8 Å². The lowest BCUT2D eigenvalue weighted by Crippen LogP contribution is -2.76. The zero-order valence-corrected chi connectivity index (χ0v) is 20.7. The molecule has 5 atom stereocenters. The number of hydrogen-bond donors (Lipinski definition) is 1. The van der Waals surface area contributed by atoms with Gasteiger partial charge >= 0.3 is 11.9 Å². The molecule has 4 heterocycles. The van der Waals surface area contributed by atoms with Gasteiger partial charge < -0.3 is 19.5 Å². The molecule has 0 aromatic carbocycles. The van der Waals surface area contributed by atoms with Crippen LogP contribution in [-0.2, 0) is 19.1 Å². The Hall–Kier alpha value is -2.30. The Labute approximate surface area is 207 Å². The number of methoxy groups -OCH3 is 2. The Morgan fingerprint density at radius 2 is 1.35 bits per heavy atom. The molecule has 2 bridgehead atoms. The third kappa shape index (κ3) is 3.49. The highest BCUT2D eigenvalue weighted by Gasteiger charge is 2.74. The van der Waals surface area contributed by atoms with E-state index in [9.17, 15) is 14.7 Å². The summed E-state index contributed by atoms with van der Waals surface area (Å²) in [6, 6.07) is 4.89. The zero-order valence-electron chi connectivity index (χ0n) is 19.2. The summed E-state index contributed by atoms with van der Waals surface area (Å²) in [4.78, 5) is 39.7. The summed E-state index contributed by atoms with van der Waals surface area (Å²) in [5.41, 5.74) is -2.28. The maximum atomic E-state index is 13.5. The molecule has 182 valence electrons. The van der Waals surface area contributed by atoms with Crippen molar-refractivity contribution >= 4 is 35.1 Å². The summed E-state index contributed by atoms with van der Waals surface area (Å²) in [5.74, 6) is -1.34. The number of carbonyl (C=O) groups excluding carboxylic acids is 2. The highest BCUT2D eigenvalue weighted by atomic mass is 35.5. The first kappa shape index (κ1) is 24.8. The van der Waals surface area contributed by atoms with Crippen LogP contribution in [0.1, 0.15) is 23.5 Å². The van der Waals surface area contributed by atoms with Crippen LogP contribution in [0.25, 0.3) is 0 Å². The highest BCUT2D eigenvalue weighted by Crippen LogP contribution is 2.62. The Morgan fingerprint density at radius 3 is 1.71 bits per heavy atom. The molecule has 2 aromatic heterocycles. The van der Waals surface area contributed by atoms with E-state index < -0.39 is 41.0 Å². The van der Waals surface area contributed by atoms with Crippen LogP contribution in [-0.4, -0.2) is 84.3 Å². The van der Waals surface area contributed by atoms with Gasteiger partial charge in [0.25, 0.3) is 0 Å². The van der Waals surface area contributed by atoms with Gasteiger partial charge in [-0.2, -0.15) is 0 Å². The molecule has 9 nitrogen and oxygen atoms in total. The molecule has 0 radical (unpaired) electrons. The van der Waals surface area contributed by atoms with E-state index in [-0.39, 0.29) is 13.1 Å². The summed E-state index contributed by atoms with van der Waals surface area (Å²) in [5, 5.41) is 12.9. The third-order valence-corrected chi connectivity index (χ3v) is 7.48. The van der Waals surface area contributed by atoms with Crippen molar-refractivity contribution in [3.8, 4) is 0 Å². The molecule has 2 saturated heterocycles. The van der Waals surface area contributed by atoms with Crippen LogP contribution in [0.15, 0.2) is 36.7 Å². The van der Waals surface area contributed by atoms with Gasteiger partial charge in [0, 0.05) is 35.5 Å². The topological polar surface area (TPSA) is 105 Å². The molecule has 0 aliphatic carbocycles. The minimum atomic E-state index is -1.59. The number of ether oxygens (including phenoxy) is 2. The lowest BCUT2D eigenvalue weighted by atomic mass is 9.53. The number of halogens is 2. The van der Waals surface area contributed by atoms with Crippen molar-refractivity contribution < 1.29 is 24.2 Å². The summed E-state index contributed by atoms with van der Waals surface area (Å²) >= 11 is 12.6. The molecule has 11 heteroatoms. The molecule has 2 aromatic rings. The largest absolute Gasteiger partial charge is 0.468 e. The van der Waals surface area contributed by atoms with Gasteiger partial charge in [-0.25, -0.2) is 0 Å². The molecular weight excluding hydrogens is 483 g/mol. The minimum absolute atomic E-state index is 0.110. The van der Waals surface area contributed by atoms with Gasteiger partial charge in [-0.15, -0.1) is 0 Å². The number of rotatable bonds is 4. The SMILES string of the molecule is COC(=O)[C@@]12CN(C)C[C@@](C(=O)OC)(C1O)[C@H](c1cc(Cl)ccn1)N(C)[C@@H]2c1cc(Cl)ccn1. The molecule has 2 aliphatic rings. The van der Waals surface area contributed by atoms with E-state index in [0.29, 0.717) is 21.4 Å². The number of carbonyl (C=O) groups is 2. The van der Waals surface area contributed by atoms with Gasteiger partial charge in [-0.1, -0.05) is 23.2 Å². The smallest absolute Gasteiger partial charge is 0.317 e. The van der Waals surface area contributed by atoms with Gasteiger partial charge in [0.05, 0.1) is 43.8 Å². The predicted molar refractivity (Wildman–Crippen MR) is 124 cm³/mol. The summed E-state index contributed by atoms with van der Waals surface area (Å²) < 4.78 is 10.5. The van der Waals surface area contributed by atoms with Crippen LogP contribution < -0.4 is 0 Å². The number of nitrogens with zero attached hydrogens (tertiary/aromatic N) is 4. The van der Waals surface area contributed by atoms with E-state index in [4.69, 9.17) is 32.7 Å². The predicted octanol–water partition coefficient (Wildman–Crippen LogP) is 2.14. The van der Waals surface area contributed by atoms with Gasteiger partial charge in [0.15, 0.2) is 0 Å². The Balaban J connectivity index is 2.08. The number of aliphatic hydroxyl groups excluding tert-OH is 1. The van der Waals surface area contributed by atoms with Gasteiger partial charge in [-0.05, 0) is 38.4 Å². The maximum Gasteiger partial charge on any atom is 0.317 e. The molecule has 2 fully saturated rings. The second-order valence-corrected chi connectivity index (χ2v) is 9.78. The average molecular weight is 509 g/mol. The van der Waals surface area contributed by atoms with E-state index in [0.717, 1.165) is 0 Å². The van der Waals surface area contributed by atoms with Gasteiger partial charge in [0.2, 0.25) is 0 Å². The monoisotopic (exact) mass is 508 g/mol. The zero-order chi connectivity index (χ0) is 24.8. The first-order valence-electron chi connectivity index (χ1n) is 10.6. The van der Waals surface area contributed by atoms with E-state index in [1.54, 1.807) is 38.4 Å². The lowest BCUT2D eigenvalue weighted by molar-refractivity contribution is -0.247. The van der Waals surface area contributed by atoms with Crippen LogP contribution >= 0.6 is 23.2 Å². The molecule has 1 unspecified atom stereocenters. The standard InChI is InChI=1S/C23H26Cl2N4O5/c1-28-11-22(20(31)33-3)17(15-9-13(24)5-7-26-15)29(2)18(16-10-14(25)6-8-27-16)23(12-28,19(22)30)21(32)34-4/h5-10,17-19,30H,11-12H2,1-4H3/t17-,18+,19?,22-,23+. The van der Waals surface area contributed by atoms with Crippen LogP contribution in [0.2, 0.25) is 10.0 Å². The third-order valence-electron chi connectivity index (χ3n) is 7.01. The summed E-state index contributed by atoms with van der Waals surface area (Å²) in [6.45, 7) is 0.219. The molecule has 4 rings (SSSR count). The van der Waals surface area contributed by atoms with Gasteiger partial charge in [0.1, 0.15) is 10.8 Å². The first-order valence-corrected chi connectivity index (χ1v) is 11.4. The van der Waals surface area contributed by atoms with E-state index in [1.807, 2.05) is 9.80 Å². The van der Waals surface area contributed by atoms with Crippen molar-refractivity contribution in [3.05, 3.63) is 58.1 Å². The number of aliphatic hydroxyl groups is 1. The van der Waals surface area contributed by atoms with Crippen molar-refractivity contribution in [1.29, 1.82) is 0 Å². The van der Waals surface area contributed by atoms with Crippen molar-refractivity contribution in [2.45, 2.75) is 18.2 Å². The molecule has 0 amide bonds. The number of pyridine rings is 2. The average Bonchev–Trinajstić information content (AvgIpc) is 2.80. The van der Waals surface area contributed by atoms with Crippen LogP contribution in [0.4, 0.5) is 0 Å². The Bertz CT molecular complexity index is 1040. The summed E-state index contributed by atoms with van der Waals surface area (Å²) in [6.07, 6.45) is 1.57. The second kappa shape index (κ2) is 9.05. The van der Waals surface area contributed by atoms with Crippen molar-refractivity contribution in [1.82, 2.24) is 19.8 Å². The highest BCUT2D eigenvalue weighted by molar-refractivity contribution is 6.30. The normalized spacial score (nSPS) is 31.7. The minimum Gasteiger partial charge on any atom is -0.468 e. The Kier molecular flexibility index (Phi) is 6.61. The second-order valence-electron chi connectivity index (χ2n) is 8.91. The molecular formula is C23H26Cl2N4O5. The molecule has 1 N–H and O–H groups in total. The molecule has 0 saturated carbocycles. The van der Waals surface area contributed by atoms with Crippen molar-refractivity contribution in [2.24, 2.45) is 10.8 Å². The van der Waals surface area contributed by atoms with E-state index >= 15 is 0 Å². The lowest BCUT2D eigenvalue weighted by Gasteiger charge is -2.64.